The highest BCUT2D eigenvalue weighted by atomic mass is 19.1. The first kappa shape index (κ1) is 18.2. The van der Waals surface area contributed by atoms with E-state index in [-0.39, 0.29) is 23.7 Å². The van der Waals surface area contributed by atoms with Crippen molar-refractivity contribution in [3.05, 3.63) is 52.8 Å². The van der Waals surface area contributed by atoms with E-state index >= 15 is 0 Å². The first-order valence-corrected chi connectivity index (χ1v) is 9.90. The van der Waals surface area contributed by atoms with Gasteiger partial charge in [0.25, 0.3) is 0 Å². The second-order valence-electron chi connectivity index (χ2n) is 7.90. The van der Waals surface area contributed by atoms with E-state index in [9.17, 15) is 9.18 Å². The summed E-state index contributed by atoms with van der Waals surface area (Å²) in [6, 6.07) is 9.40. The Labute approximate surface area is 160 Å². The van der Waals surface area contributed by atoms with E-state index < -0.39 is 0 Å². The average Bonchev–Trinajstić information content (AvgIpc) is 2.63. The zero-order chi connectivity index (χ0) is 19.1. The molecule has 1 unspecified atom stereocenters. The van der Waals surface area contributed by atoms with Gasteiger partial charge in [0.1, 0.15) is 11.6 Å². The topological polar surface area (TPSA) is 29.5 Å². The molecule has 1 aliphatic heterocycles. The van der Waals surface area contributed by atoms with Gasteiger partial charge in [-0.2, -0.15) is 0 Å². The number of nitrogens with zero attached hydrogens (tertiary/aromatic N) is 1. The van der Waals surface area contributed by atoms with Crippen LogP contribution >= 0.6 is 0 Å². The molecule has 0 amide bonds. The molecule has 0 aromatic heterocycles. The van der Waals surface area contributed by atoms with Gasteiger partial charge in [-0.1, -0.05) is 32.9 Å². The maximum atomic E-state index is 14.4. The number of esters is 1. The highest BCUT2D eigenvalue weighted by Crippen LogP contribution is 2.48. The largest absolute Gasteiger partial charge is 0.426 e. The average molecular weight is 367 g/mol. The predicted octanol–water partition coefficient (Wildman–Crippen LogP) is 4.92. The van der Waals surface area contributed by atoms with Crippen molar-refractivity contribution < 1.29 is 13.9 Å². The Morgan fingerprint density at radius 3 is 2.85 bits per heavy atom. The van der Waals surface area contributed by atoms with Crippen molar-refractivity contribution in [3.8, 4) is 16.9 Å². The van der Waals surface area contributed by atoms with E-state index in [0.29, 0.717) is 5.75 Å². The van der Waals surface area contributed by atoms with Gasteiger partial charge in [0.15, 0.2) is 0 Å². The van der Waals surface area contributed by atoms with Gasteiger partial charge in [0.2, 0.25) is 0 Å². The van der Waals surface area contributed by atoms with Crippen LogP contribution in [0.25, 0.3) is 11.1 Å². The third-order valence-corrected chi connectivity index (χ3v) is 5.66. The third kappa shape index (κ3) is 3.16. The first-order chi connectivity index (χ1) is 13.0. The number of carbonyl (C=O) groups is 1. The molecule has 1 atom stereocenters. The van der Waals surface area contributed by atoms with Crippen LogP contribution < -0.4 is 4.74 Å². The Balaban J connectivity index is 1.87. The zero-order valence-electron chi connectivity index (χ0n) is 16.2. The lowest BCUT2D eigenvalue weighted by atomic mass is 9.76. The maximum absolute atomic E-state index is 14.4. The van der Waals surface area contributed by atoms with Crippen molar-refractivity contribution in [2.24, 2.45) is 5.92 Å². The lowest BCUT2D eigenvalue weighted by Gasteiger charge is -2.42. The molecule has 27 heavy (non-hydrogen) atoms. The second-order valence-corrected chi connectivity index (χ2v) is 7.90. The Kier molecular flexibility index (Phi) is 4.77. The fraction of sp³-hybridized carbons (Fsp3) is 0.435. The molecular weight excluding hydrogens is 341 g/mol. The lowest BCUT2D eigenvalue weighted by molar-refractivity contribution is -0.137. The van der Waals surface area contributed by atoms with E-state index in [2.05, 4.69) is 17.9 Å². The van der Waals surface area contributed by atoms with Gasteiger partial charge < -0.3 is 4.74 Å². The molecule has 3 nitrogen and oxygen atoms in total. The number of fused-ring (bicyclic) bond motifs is 2. The van der Waals surface area contributed by atoms with Crippen LogP contribution in [0, 0.1) is 11.7 Å². The Hall–Kier alpha value is -2.20. The van der Waals surface area contributed by atoms with Crippen LogP contribution in [-0.2, 0) is 17.6 Å². The summed E-state index contributed by atoms with van der Waals surface area (Å²) < 4.78 is 20.1. The fourth-order valence-electron chi connectivity index (χ4n) is 4.44. The van der Waals surface area contributed by atoms with Crippen LogP contribution in [0.1, 0.15) is 49.9 Å². The molecule has 0 fully saturated rings. The number of ether oxygens (including phenoxy) is 1. The third-order valence-electron chi connectivity index (χ3n) is 5.66. The Morgan fingerprint density at radius 2 is 2.11 bits per heavy atom. The summed E-state index contributed by atoms with van der Waals surface area (Å²) in [5.41, 5.74) is 5.22. The van der Waals surface area contributed by atoms with Crippen LogP contribution in [0.15, 0.2) is 30.3 Å². The Morgan fingerprint density at radius 1 is 1.30 bits per heavy atom. The van der Waals surface area contributed by atoms with Crippen LogP contribution in [0.3, 0.4) is 0 Å². The number of hydrogen-bond acceptors (Lipinski definition) is 3. The smallest absolute Gasteiger partial charge is 0.313 e. The molecule has 4 heteroatoms. The van der Waals surface area contributed by atoms with Gasteiger partial charge in [-0.3, -0.25) is 9.69 Å². The van der Waals surface area contributed by atoms with Crippen molar-refractivity contribution in [2.75, 3.05) is 13.1 Å². The van der Waals surface area contributed by atoms with Crippen molar-refractivity contribution in [2.45, 2.75) is 46.1 Å². The van der Waals surface area contributed by atoms with Gasteiger partial charge in [-0.05, 0) is 66.3 Å². The van der Waals surface area contributed by atoms with E-state index in [1.165, 1.54) is 5.56 Å². The molecule has 0 saturated carbocycles. The van der Waals surface area contributed by atoms with Gasteiger partial charge >= 0.3 is 5.97 Å². The lowest BCUT2D eigenvalue weighted by Crippen LogP contribution is -2.39. The van der Waals surface area contributed by atoms with Crippen LogP contribution in [-0.4, -0.2) is 24.0 Å². The second kappa shape index (κ2) is 7.08. The molecule has 2 aliphatic rings. The molecular formula is C23H26FNO2. The number of rotatable bonds is 4. The monoisotopic (exact) mass is 367 g/mol. The van der Waals surface area contributed by atoms with Crippen LogP contribution in [0.4, 0.5) is 4.39 Å². The SMILES string of the molecule is CCCN1CCc2cc(F)cc3c2C1Cc1cccc(OC(=O)C(C)C)c1-3. The number of carbonyl (C=O) groups excluding carboxylic acids is 1. The summed E-state index contributed by atoms with van der Waals surface area (Å²) in [5, 5.41) is 0. The minimum atomic E-state index is -0.261. The van der Waals surface area contributed by atoms with Crippen molar-refractivity contribution in [1.29, 1.82) is 0 Å². The number of hydrogen-bond donors (Lipinski definition) is 0. The molecule has 0 saturated heterocycles. The van der Waals surface area contributed by atoms with E-state index in [4.69, 9.17) is 4.74 Å². The molecule has 1 aliphatic carbocycles. The van der Waals surface area contributed by atoms with E-state index in [1.807, 2.05) is 26.0 Å². The normalized spacial score (nSPS) is 18.2. The molecule has 142 valence electrons. The Bertz CT molecular complexity index is 890. The number of halogens is 1. The van der Waals surface area contributed by atoms with Gasteiger partial charge in [-0.25, -0.2) is 4.39 Å². The van der Waals surface area contributed by atoms with Crippen molar-refractivity contribution in [1.82, 2.24) is 4.90 Å². The standard InChI is InChI=1S/C23H26FNO2/c1-4-9-25-10-8-16-11-17(24)13-18-21(16)19(25)12-15-6-5-7-20(22(15)18)27-23(26)14(2)3/h5-7,11,13-14,19H,4,8-10,12H2,1-3H3. The maximum Gasteiger partial charge on any atom is 0.313 e. The fourth-order valence-corrected chi connectivity index (χ4v) is 4.44. The molecule has 0 radical (unpaired) electrons. The van der Waals surface area contributed by atoms with Gasteiger partial charge in [0, 0.05) is 18.2 Å². The minimum Gasteiger partial charge on any atom is -0.426 e. The number of benzene rings is 2. The quantitative estimate of drug-likeness (QED) is 0.567. The summed E-state index contributed by atoms with van der Waals surface area (Å²) in [4.78, 5) is 14.7. The predicted molar refractivity (Wildman–Crippen MR) is 104 cm³/mol. The molecule has 2 aromatic carbocycles. The van der Waals surface area contributed by atoms with Crippen LogP contribution in [0.5, 0.6) is 5.75 Å². The van der Waals surface area contributed by atoms with Crippen molar-refractivity contribution >= 4 is 5.97 Å². The highest BCUT2D eigenvalue weighted by molar-refractivity contribution is 5.84. The summed E-state index contributed by atoms with van der Waals surface area (Å²) in [5.74, 6) is -0.142. The molecule has 0 spiro atoms. The van der Waals surface area contributed by atoms with E-state index in [0.717, 1.165) is 54.6 Å². The van der Waals surface area contributed by atoms with Gasteiger partial charge in [-0.15, -0.1) is 0 Å². The zero-order valence-corrected chi connectivity index (χ0v) is 16.2. The summed E-state index contributed by atoms with van der Waals surface area (Å²) in [6.07, 6.45) is 2.83. The minimum absolute atomic E-state index is 0.210. The molecule has 0 N–H and O–H groups in total. The summed E-state index contributed by atoms with van der Waals surface area (Å²) in [7, 11) is 0. The molecule has 1 heterocycles. The van der Waals surface area contributed by atoms with E-state index in [1.54, 1.807) is 12.1 Å². The van der Waals surface area contributed by atoms with Gasteiger partial charge in [0.05, 0.1) is 5.92 Å². The summed E-state index contributed by atoms with van der Waals surface area (Å²) in [6.45, 7) is 7.84. The van der Waals surface area contributed by atoms with Crippen LogP contribution in [0.2, 0.25) is 0 Å². The van der Waals surface area contributed by atoms with Crippen molar-refractivity contribution in [3.63, 3.8) is 0 Å². The molecule has 4 rings (SSSR count). The summed E-state index contributed by atoms with van der Waals surface area (Å²) >= 11 is 0. The molecule has 2 aromatic rings. The highest BCUT2D eigenvalue weighted by Gasteiger charge is 2.36. The first-order valence-electron chi connectivity index (χ1n) is 9.90. The molecule has 0 bridgehead atoms.